The fraction of sp³-hybridized carbons (Fsp3) is 0.417. The summed E-state index contributed by atoms with van der Waals surface area (Å²) in [5.41, 5.74) is -0.785. The fourth-order valence-electron chi connectivity index (χ4n) is 1.27. The standard InChI is InChI=1S/C12H14F3O3/c1-11(2,3)17-9-6-4-5-8(7-16)10(9)18-12(13,14)15/h4-7,16H,1-3H3. The topological polar surface area (TPSA) is 38.7 Å². The first-order chi connectivity index (χ1) is 8.12. The quantitative estimate of drug-likeness (QED) is 0.904. The van der Waals surface area contributed by atoms with Crippen molar-refractivity contribution in [3.8, 4) is 11.5 Å². The van der Waals surface area contributed by atoms with E-state index in [1.807, 2.05) is 0 Å². The number of benzene rings is 1. The van der Waals surface area contributed by atoms with Crippen LogP contribution >= 0.6 is 0 Å². The van der Waals surface area contributed by atoms with Crippen molar-refractivity contribution in [2.45, 2.75) is 32.7 Å². The third-order valence-electron chi connectivity index (χ3n) is 1.78. The number of halogens is 3. The van der Waals surface area contributed by atoms with Crippen LogP contribution in [0.15, 0.2) is 18.2 Å². The number of rotatable bonds is 3. The maximum atomic E-state index is 12.3. The first-order valence-electron chi connectivity index (χ1n) is 5.17. The first-order valence-corrected chi connectivity index (χ1v) is 5.17. The van der Waals surface area contributed by atoms with Gasteiger partial charge in [0.15, 0.2) is 11.5 Å². The molecule has 0 aliphatic carbocycles. The van der Waals surface area contributed by atoms with E-state index in [-0.39, 0.29) is 11.3 Å². The molecule has 6 heteroatoms. The van der Waals surface area contributed by atoms with Gasteiger partial charge < -0.3 is 14.6 Å². The highest BCUT2D eigenvalue weighted by Gasteiger charge is 2.34. The minimum absolute atomic E-state index is 0.0809. The van der Waals surface area contributed by atoms with Crippen LogP contribution < -0.4 is 9.47 Å². The highest BCUT2D eigenvalue weighted by Crippen LogP contribution is 2.37. The van der Waals surface area contributed by atoms with Crippen LogP contribution in [0.1, 0.15) is 26.3 Å². The summed E-state index contributed by atoms with van der Waals surface area (Å²) in [6.45, 7) is 5.62. The normalized spacial score (nSPS) is 12.4. The van der Waals surface area contributed by atoms with E-state index in [1.165, 1.54) is 18.2 Å². The molecule has 1 radical (unpaired) electrons. The maximum absolute atomic E-state index is 12.3. The van der Waals surface area contributed by atoms with Crippen molar-refractivity contribution in [1.29, 1.82) is 0 Å². The Morgan fingerprint density at radius 2 is 1.72 bits per heavy atom. The van der Waals surface area contributed by atoms with Crippen molar-refractivity contribution in [3.63, 3.8) is 0 Å². The molecule has 1 aromatic carbocycles. The minimum Gasteiger partial charge on any atom is -0.484 e. The molecule has 0 fully saturated rings. The lowest BCUT2D eigenvalue weighted by Gasteiger charge is -2.24. The molecule has 0 saturated heterocycles. The van der Waals surface area contributed by atoms with Gasteiger partial charge in [0.2, 0.25) is 0 Å². The molecule has 0 heterocycles. The van der Waals surface area contributed by atoms with Crippen LogP contribution in [0, 0.1) is 6.61 Å². The Hall–Kier alpha value is -1.43. The average Bonchev–Trinajstić information content (AvgIpc) is 2.16. The van der Waals surface area contributed by atoms with Crippen LogP contribution in [0.25, 0.3) is 0 Å². The Labute approximate surface area is 103 Å². The molecule has 0 aliphatic heterocycles. The third-order valence-corrected chi connectivity index (χ3v) is 1.78. The van der Waals surface area contributed by atoms with E-state index in [1.54, 1.807) is 20.8 Å². The highest BCUT2D eigenvalue weighted by atomic mass is 19.4. The first kappa shape index (κ1) is 14.6. The number of para-hydroxylation sites is 1. The summed E-state index contributed by atoms with van der Waals surface area (Å²) in [4.78, 5) is 0. The second kappa shape index (κ2) is 5.06. The summed E-state index contributed by atoms with van der Waals surface area (Å²) in [6, 6.07) is 4.10. The number of hydrogen-bond donors (Lipinski definition) is 1. The molecule has 1 aromatic rings. The zero-order chi connectivity index (χ0) is 14.0. The van der Waals surface area contributed by atoms with E-state index in [0.717, 1.165) is 0 Å². The average molecular weight is 263 g/mol. The van der Waals surface area contributed by atoms with E-state index >= 15 is 0 Å². The van der Waals surface area contributed by atoms with Crippen molar-refractivity contribution in [2.24, 2.45) is 0 Å². The van der Waals surface area contributed by atoms with E-state index < -0.39 is 17.7 Å². The van der Waals surface area contributed by atoms with Crippen LogP contribution in [0.3, 0.4) is 0 Å². The summed E-state index contributed by atoms with van der Waals surface area (Å²) in [7, 11) is 0. The van der Waals surface area contributed by atoms with E-state index in [2.05, 4.69) is 4.74 Å². The second-order valence-corrected chi connectivity index (χ2v) is 4.57. The van der Waals surface area contributed by atoms with Gasteiger partial charge in [0, 0.05) is 5.56 Å². The Kier molecular flexibility index (Phi) is 4.11. The lowest BCUT2D eigenvalue weighted by molar-refractivity contribution is -0.275. The molecule has 0 atom stereocenters. The summed E-state index contributed by atoms with van der Waals surface area (Å²) < 4.78 is 46.1. The molecule has 0 saturated carbocycles. The zero-order valence-corrected chi connectivity index (χ0v) is 10.2. The Balaban J connectivity index is 3.16. The molecule has 1 N–H and O–H groups in total. The Morgan fingerprint density at radius 3 is 2.17 bits per heavy atom. The number of aliphatic hydroxyl groups excluding tert-OH is 1. The molecule has 18 heavy (non-hydrogen) atoms. The minimum atomic E-state index is -4.85. The number of hydrogen-bond acceptors (Lipinski definition) is 3. The van der Waals surface area contributed by atoms with Gasteiger partial charge in [0.1, 0.15) is 12.2 Å². The predicted molar refractivity (Wildman–Crippen MR) is 58.8 cm³/mol. The van der Waals surface area contributed by atoms with Gasteiger partial charge in [-0.25, -0.2) is 0 Å². The fourth-order valence-corrected chi connectivity index (χ4v) is 1.27. The van der Waals surface area contributed by atoms with Crippen molar-refractivity contribution >= 4 is 0 Å². The van der Waals surface area contributed by atoms with Crippen molar-refractivity contribution < 1.29 is 27.8 Å². The molecular formula is C12H14F3O3. The summed E-state index contributed by atoms with van der Waals surface area (Å²) >= 11 is 0. The van der Waals surface area contributed by atoms with Crippen molar-refractivity contribution in [3.05, 3.63) is 30.4 Å². The molecule has 0 amide bonds. The predicted octanol–water partition coefficient (Wildman–Crippen LogP) is 3.64. The van der Waals surface area contributed by atoms with Crippen LogP contribution in [0.5, 0.6) is 11.5 Å². The lowest BCUT2D eigenvalue weighted by Crippen LogP contribution is -2.25. The maximum Gasteiger partial charge on any atom is 0.573 e. The van der Waals surface area contributed by atoms with E-state index in [4.69, 9.17) is 9.84 Å². The van der Waals surface area contributed by atoms with Crippen molar-refractivity contribution in [1.82, 2.24) is 0 Å². The summed E-state index contributed by atoms with van der Waals surface area (Å²) in [6.07, 6.45) is -4.85. The van der Waals surface area contributed by atoms with Gasteiger partial charge >= 0.3 is 6.36 Å². The molecule has 0 aromatic heterocycles. The number of ether oxygens (including phenoxy) is 2. The molecule has 0 bridgehead atoms. The largest absolute Gasteiger partial charge is 0.573 e. The van der Waals surface area contributed by atoms with Gasteiger partial charge in [0.05, 0.1) is 0 Å². The molecule has 1 rings (SSSR count). The number of aliphatic hydroxyl groups is 1. The van der Waals surface area contributed by atoms with Gasteiger partial charge in [-0.3, -0.25) is 0 Å². The summed E-state index contributed by atoms with van der Waals surface area (Å²) in [5, 5.41) is 8.91. The molecule has 0 spiro atoms. The molecule has 0 unspecified atom stereocenters. The van der Waals surface area contributed by atoms with Crippen LogP contribution in [-0.2, 0) is 0 Å². The molecule has 101 valence electrons. The smallest absolute Gasteiger partial charge is 0.484 e. The highest BCUT2D eigenvalue weighted by molar-refractivity contribution is 5.49. The van der Waals surface area contributed by atoms with Gasteiger partial charge in [0.25, 0.3) is 0 Å². The molecular weight excluding hydrogens is 249 g/mol. The third kappa shape index (κ3) is 4.44. The van der Waals surface area contributed by atoms with Gasteiger partial charge in [-0.15, -0.1) is 13.2 Å². The monoisotopic (exact) mass is 263 g/mol. The van der Waals surface area contributed by atoms with E-state index in [9.17, 15) is 13.2 Å². The van der Waals surface area contributed by atoms with Gasteiger partial charge in [-0.05, 0) is 26.8 Å². The SMILES string of the molecule is CC(C)(C)Oc1cccc([CH]O)c1OC(F)(F)F. The summed E-state index contributed by atoms with van der Waals surface area (Å²) in [5.74, 6) is -0.634. The van der Waals surface area contributed by atoms with E-state index in [0.29, 0.717) is 6.61 Å². The zero-order valence-electron chi connectivity index (χ0n) is 10.2. The van der Waals surface area contributed by atoms with Crippen LogP contribution in [0.4, 0.5) is 13.2 Å². The van der Waals surface area contributed by atoms with Gasteiger partial charge in [-0.2, -0.15) is 0 Å². The Bertz CT molecular complexity index is 408. The lowest BCUT2D eigenvalue weighted by atomic mass is 10.1. The van der Waals surface area contributed by atoms with Crippen molar-refractivity contribution in [2.75, 3.05) is 0 Å². The number of alkyl halides is 3. The molecule has 0 aliphatic rings. The van der Waals surface area contributed by atoms with Crippen LogP contribution in [-0.4, -0.2) is 17.1 Å². The Morgan fingerprint density at radius 1 is 1.11 bits per heavy atom. The molecule has 3 nitrogen and oxygen atoms in total. The van der Waals surface area contributed by atoms with Crippen LogP contribution in [0.2, 0.25) is 0 Å². The second-order valence-electron chi connectivity index (χ2n) is 4.57. The van der Waals surface area contributed by atoms with Gasteiger partial charge in [-0.1, -0.05) is 12.1 Å².